The molecule has 4 heteroatoms. The largest absolute Gasteiger partial charge is 0.239 e. The number of nitrogens with zero attached hydrogens (tertiary/aromatic N) is 1. The lowest BCUT2D eigenvalue weighted by Gasteiger charge is -2.07. The molecule has 0 aliphatic rings. The van der Waals surface area contributed by atoms with E-state index in [2.05, 4.69) is 4.98 Å². The normalized spacial score (nSPS) is 10.4. The maximum absolute atomic E-state index is 13.6. The SMILES string of the molecule is Fc1ccccc1-c1ccc(Cl)nc1CCl. The van der Waals surface area contributed by atoms with Crippen LogP contribution in [0.4, 0.5) is 4.39 Å². The number of halogens is 3. The molecule has 0 saturated carbocycles. The van der Waals surface area contributed by atoms with Gasteiger partial charge in [-0.3, -0.25) is 0 Å². The van der Waals surface area contributed by atoms with Crippen LogP contribution in [0, 0.1) is 5.82 Å². The second-order valence-corrected chi connectivity index (χ2v) is 3.90. The fourth-order valence-corrected chi connectivity index (χ4v) is 1.87. The second-order valence-electron chi connectivity index (χ2n) is 3.24. The molecule has 0 amide bonds. The predicted octanol–water partition coefficient (Wildman–Crippen LogP) is 4.28. The molecular formula is C12H8Cl2FN. The molecule has 2 rings (SSSR count). The Hall–Kier alpha value is -1.12. The van der Waals surface area contributed by atoms with E-state index < -0.39 is 0 Å². The molecule has 0 radical (unpaired) electrons. The minimum atomic E-state index is -0.294. The lowest BCUT2D eigenvalue weighted by molar-refractivity contribution is 0.631. The summed E-state index contributed by atoms with van der Waals surface area (Å²) < 4.78 is 13.6. The van der Waals surface area contributed by atoms with Crippen molar-refractivity contribution < 1.29 is 4.39 Å². The molecule has 1 heterocycles. The second kappa shape index (κ2) is 4.81. The first-order valence-electron chi connectivity index (χ1n) is 4.68. The molecule has 0 atom stereocenters. The average molecular weight is 256 g/mol. The summed E-state index contributed by atoms with van der Waals surface area (Å²) in [5.41, 5.74) is 1.75. The van der Waals surface area contributed by atoms with Gasteiger partial charge in [-0.05, 0) is 18.2 Å². The van der Waals surface area contributed by atoms with E-state index in [0.29, 0.717) is 22.0 Å². The number of hydrogen-bond donors (Lipinski definition) is 0. The number of rotatable bonds is 2. The molecule has 0 N–H and O–H groups in total. The first kappa shape index (κ1) is 11.4. The highest BCUT2D eigenvalue weighted by atomic mass is 35.5. The third-order valence-electron chi connectivity index (χ3n) is 2.23. The molecule has 82 valence electrons. The van der Waals surface area contributed by atoms with Crippen LogP contribution < -0.4 is 0 Å². The lowest BCUT2D eigenvalue weighted by Crippen LogP contribution is -1.93. The van der Waals surface area contributed by atoms with Crippen LogP contribution >= 0.6 is 23.2 Å². The Kier molecular flexibility index (Phi) is 3.42. The molecule has 1 aromatic heterocycles. The van der Waals surface area contributed by atoms with E-state index in [0.717, 1.165) is 0 Å². The smallest absolute Gasteiger partial charge is 0.131 e. The van der Waals surface area contributed by atoms with E-state index in [-0.39, 0.29) is 11.7 Å². The maximum Gasteiger partial charge on any atom is 0.131 e. The Morgan fingerprint density at radius 1 is 1.06 bits per heavy atom. The van der Waals surface area contributed by atoms with Crippen molar-refractivity contribution in [2.24, 2.45) is 0 Å². The van der Waals surface area contributed by atoms with E-state index in [9.17, 15) is 4.39 Å². The molecule has 1 aromatic carbocycles. The zero-order valence-electron chi connectivity index (χ0n) is 8.25. The highest BCUT2D eigenvalue weighted by molar-refractivity contribution is 6.29. The summed E-state index contributed by atoms with van der Waals surface area (Å²) in [6.45, 7) is 0. The molecule has 1 nitrogen and oxygen atoms in total. The quantitative estimate of drug-likeness (QED) is 0.577. The van der Waals surface area contributed by atoms with Gasteiger partial charge in [0.1, 0.15) is 11.0 Å². The van der Waals surface area contributed by atoms with Crippen LogP contribution in [0.3, 0.4) is 0 Å². The summed E-state index contributed by atoms with van der Waals surface area (Å²) in [5.74, 6) is -0.0949. The van der Waals surface area contributed by atoms with Gasteiger partial charge in [0.15, 0.2) is 0 Å². The van der Waals surface area contributed by atoms with Gasteiger partial charge in [-0.1, -0.05) is 29.8 Å². The van der Waals surface area contributed by atoms with E-state index in [1.54, 1.807) is 30.3 Å². The van der Waals surface area contributed by atoms with Crippen LogP contribution in [-0.4, -0.2) is 4.98 Å². The summed E-state index contributed by atoms with van der Waals surface area (Å²) in [7, 11) is 0. The van der Waals surface area contributed by atoms with E-state index in [4.69, 9.17) is 23.2 Å². The molecule has 0 aliphatic heterocycles. The summed E-state index contributed by atoms with van der Waals surface area (Å²) in [5, 5.41) is 0.357. The molecule has 0 spiro atoms. The van der Waals surface area contributed by atoms with E-state index in [1.165, 1.54) is 6.07 Å². The minimum absolute atomic E-state index is 0.199. The summed E-state index contributed by atoms with van der Waals surface area (Å²) in [4.78, 5) is 4.08. The first-order chi connectivity index (χ1) is 7.72. The van der Waals surface area contributed by atoms with Gasteiger partial charge in [0, 0.05) is 11.1 Å². The average Bonchev–Trinajstić information content (AvgIpc) is 2.30. The van der Waals surface area contributed by atoms with Crippen LogP contribution in [0.1, 0.15) is 5.69 Å². The predicted molar refractivity (Wildman–Crippen MR) is 64.2 cm³/mol. The highest BCUT2D eigenvalue weighted by Gasteiger charge is 2.10. The van der Waals surface area contributed by atoms with Crippen LogP contribution in [0.5, 0.6) is 0 Å². The monoisotopic (exact) mass is 255 g/mol. The summed E-state index contributed by atoms with van der Waals surface area (Å²) >= 11 is 11.5. The van der Waals surface area contributed by atoms with Crippen molar-refractivity contribution in [2.75, 3.05) is 0 Å². The van der Waals surface area contributed by atoms with Crippen LogP contribution in [-0.2, 0) is 5.88 Å². The Morgan fingerprint density at radius 2 is 1.81 bits per heavy atom. The van der Waals surface area contributed by atoms with Crippen molar-refractivity contribution in [1.29, 1.82) is 0 Å². The van der Waals surface area contributed by atoms with Crippen molar-refractivity contribution in [3.8, 4) is 11.1 Å². The highest BCUT2D eigenvalue weighted by Crippen LogP contribution is 2.27. The van der Waals surface area contributed by atoms with Crippen molar-refractivity contribution in [1.82, 2.24) is 4.98 Å². The lowest BCUT2D eigenvalue weighted by atomic mass is 10.0. The topological polar surface area (TPSA) is 12.9 Å². The minimum Gasteiger partial charge on any atom is -0.239 e. The summed E-state index contributed by atoms with van der Waals surface area (Å²) in [6, 6.07) is 9.86. The van der Waals surface area contributed by atoms with Crippen molar-refractivity contribution in [3.63, 3.8) is 0 Å². The summed E-state index contributed by atoms with van der Waals surface area (Å²) in [6.07, 6.45) is 0. The van der Waals surface area contributed by atoms with Crippen LogP contribution in [0.25, 0.3) is 11.1 Å². The third-order valence-corrected chi connectivity index (χ3v) is 2.69. The standard InChI is InChI=1S/C12H8Cl2FN/c13-7-11-9(5-6-12(14)16-11)8-3-1-2-4-10(8)15/h1-6H,7H2. The molecule has 16 heavy (non-hydrogen) atoms. The molecule has 0 bridgehead atoms. The Balaban J connectivity index is 2.60. The number of pyridine rings is 1. The van der Waals surface area contributed by atoms with Crippen LogP contribution in [0.2, 0.25) is 5.15 Å². The molecular weight excluding hydrogens is 248 g/mol. The van der Waals surface area contributed by atoms with Gasteiger partial charge in [-0.2, -0.15) is 0 Å². The van der Waals surface area contributed by atoms with Crippen LogP contribution in [0.15, 0.2) is 36.4 Å². The number of benzene rings is 1. The van der Waals surface area contributed by atoms with Crippen molar-refractivity contribution in [2.45, 2.75) is 5.88 Å². The van der Waals surface area contributed by atoms with Gasteiger partial charge >= 0.3 is 0 Å². The molecule has 0 fully saturated rings. The third kappa shape index (κ3) is 2.18. The first-order valence-corrected chi connectivity index (χ1v) is 5.60. The van der Waals surface area contributed by atoms with Gasteiger partial charge in [0.05, 0.1) is 11.6 Å². The van der Waals surface area contributed by atoms with Crippen molar-refractivity contribution in [3.05, 3.63) is 53.1 Å². The molecule has 0 aliphatic carbocycles. The fourth-order valence-electron chi connectivity index (χ4n) is 1.50. The zero-order valence-corrected chi connectivity index (χ0v) is 9.76. The maximum atomic E-state index is 13.6. The Bertz CT molecular complexity index is 514. The number of hydrogen-bond acceptors (Lipinski definition) is 1. The molecule has 0 unspecified atom stereocenters. The Labute approximate surface area is 103 Å². The van der Waals surface area contributed by atoms with E-state index in [1.807, 2.05) is 0 Å². The number of alkyl halides is 1. The zero-order chi connectivity index (χ0) is 11.5. The van der Waals surface area contributed by atoms with Gasteiger partial charge in [-0.15, -0.1) is 11.6 Å². The Morgan fingerprint density at radius 3 is 2.50 bits per heavy atom. The molecule has 2 aromatic rings. The molecule has 0 saturated heterocycles. The van der Waals surface area contributed by atoms with Gasteiger partial charge < -0.3 is 0 Å². The van der Waals surface area contributed by atoms with Gasteiger partial charge in [0.2, 0.25) is 0 Å². The number of aromatic nitrogens is 1. The fraction of sp³-hybridized carbons (Fsp3) is 0.0833. The van der Waals surface area contributed by atoms with Gasteiger partial charge in [-0.25, -0.2) is 9.37 Å². The van der Waals surface area contributed by atoms with Crippen molar-refractivity contribution >= 4 is 23.2 Å². The van der Waals surface area contributed by atoms with Gasteiger partial charge in [0.25, 0.3) is 0 Å². The van der Waals surface area contributed by atoms with E-state index >= 15 is 0 Å².